The summed E-state index contributed by atoms with van der Waals surface area (Å²) in [4.78, 5) is 0. The number of hydrogen-bond donors (Lipinski definition) is 1. The summed E-state index contributed by atoms with van der Waals surface area (Å²) >= 11 is 0. The number of anilines is 1. The van der Waals surface area contributed by atoms with Gasteiger partial charge in [-0.15, -0.1) is 0 Å². The van der Waals surface area contributed by atoms with Gasteiger partial charge in [0.1, 0.15) is 11.6 Å². The Labute approximate surface area is 85.1 Å². The maximum atomic E-state index is 13.4. The van der Waals surface area contributed by atoms with E-state index >= 15 is 0 Å². The molecule has 0 amide bonds. The molecule has 3 nitrogen and oxygen atoms in total. The van der Waals surface area contributed by atoms with E-state index < -0.39 is 11.6 Å². The van der Waals surface area contributed by atoms with Gasteiger partial charge in [0.2, 0.25) is 0 Å². The molecule has 2 rings (SSSR count). The van der Waals surface area contributed by atoms with Crippen LogP contribution in [-0.4, -0.2) is 9.78 Å². The van der Waals surface area contributed by atoms with E-state index in [4.69, 9.17) is 5.73 Å². The molecule has 0 unspecified atom stereocenters. The maximum Gasteiger partial charge on any atom is 0.132 e. The lowest BCUT2D eigenvalue weighted by atomic mass is 10.1. The van der Waals surface area contributed by atoms with Gasteiger partial charge in [0.05, 0.1) is 17.6 Å². The van der Waals surface area contributed by atoms with Crippen LogP contribution in [0.1, 0.15) is 0 Å². The average Bonchev–Trinajstić information content (AvgIpc) is 2.51. The fraction of sp³-hybridized carbons (Fsp3) is 0.100. The van der Waals surface area contributed by atoms with Crippen LogP contribution >= 0.6 is 0 Å². The Bertz CT molecular complexity index is 486. The third-order valence-electron chi connectivity index (χ3n) is 2.15. The minimum Gasteiger partial charge on any atom is -0.396 e. The van der Waals surface area contributed by atoms with E-state index in [1.54, 1.807) is 7.05 Å². The molecule has 0 aliphatic rings. The number of aryl methyl sites for hydroxylation is 1. The molecule has 0 saturated heterocycles. The van der Waals surface area contributed by atoms with Crippen molar-refractivity contribution in [1.29, 1.82) is 0 Å². The maximum absolute atomic E-state index is 13.4. The summed E-state index contributed by atoms with van der Waals surface area (Å²) in [7, 11) is 1.62. The van der Waals surface area contributed by atoms with Gasteiger partial charge < -0.3 is 5.73 Å². The van der Waals surface area contributed by atoms with Gasteiger partial charge in [-0.2, -0.15) is 5.10 Å². The van der Waals surface area contributed by atoms with E-state index in [1.807, 2.05) is 0 Å². The molecule has 0 bridgehead atoms. The Hall–Kier alpha value is -1.91. The molecule has 5 heteroatoms. The van der Waals surface area contributed by atoms with Gasteiger partial charge in [0, 0.05) is 12.6 Å². The van der Waals surface area contributed by atoms with Crippen LogP contribution in [0.5, 0.6) is 0 Å². The standard InChI is InChI=1S/C10H9F2N3/c1-15-10(9(13)5-14-15)7-4-6(11)2-3-8(7)12/h2-5H,13H2,1H3. The molecule has 2 N–H and O–H groups in total. The van der Waals surface area contributed by atoms with Crippen molar-refractivity contribution in [2.45, 2.75) is 0 Å². The van der Waals surface area contributed by atoms with Crippen molar-refractivity contribution < 1.29 is 8.78 Å². The van der Waals surface area contributed by atoms with Crippen molar-refractivity contribution in [3.63, 3.8) is 0 Å². The lowest BCUT2D eigenvalue weighted by Crippen LogP contribution is -1.98. The highest BCUT2D eigenvalue weighted by Gasteiger charge is 2.13. The summed E-state index contributed by atoms with van der Waals surface area (Å²) in [5.74, 6) is -1.03. The van der Waals surface area contributed by atoms with Crippen LogP contribution in [0.4, 0.5) is 14.5 Å². The zero-order valence-electron chi connectivity index (χ0n) is 8.04. The highest BCUT2D eigenvalue weighted by atomic mass is 19.1. The van der Waals surface area contributed by atoms with Crippen LogP contribution < -0.4 is 5.73 Å². The molecule has 0 fully saturated rings. The van der Waals surface area contributed by atoms with Crippen molar-refractivity contribution in [2.75, 3.05) is 5.73 Å². The zero-order chi connectivity index (χ0) is 11.0. The van der Waals surface area contributed by atoms with E-state index in [1.165, 1.54) is 10.9 Å². The summed E-state index contributed by atoms with van der Waals surface area (Å²) in [6.45, 7) is 0. The molecule has 0 radical (unpaired) electrons. The third-order valence-corrected chi connectivity index (χ3v) is 2.15. The predicted octanol–water partition coefficient (Wildman–Crippen LogP) is 1.95. The van der Waals surface area contributed by atoms with Crippen LogP contribution in [0, 0.1) is 11.6 Å². The van der Waals surface area contributed by atoms with Crippen molar-refractivity contribution in [2.24, 2.45) is 7.05 Å². The smallest absolute Gasteiger partial charge is 0.132 e. The quantitative estimate of drug-likeness (QED) is 0.780. The summed E-state index contributed by atoms with van der Waals surface area (Å²) in [6.07, 6.45) is 1.40. The van der Waals surface area contributed by atoms with Crippen molar-refractivity contribution in [1.82, 2.24) is 9.78 Å². The minimum atomic E-state index is -0.522. The van der Waals surface area contributed by atoms with Gasteiger partial charge >= 0.3 is 0 Å². The van der Waals surface area contributed by atoms with Gasteiger partial charge in [0.25, 0.3) is 0 Å². The number of nitrogens with zero attached hydrogens (tertiary/aromatic N) is 2. The lowest BCUT2D eigenvalue weighted by molar-refractivity contribution is 0.601. The Morgan fingerprint density at radius 1 is 1.33 bits per heavy atom. The fourth-order valence-electron chi connectivity index (χ4n) is 1.46. The Kier molecular flexibility index (Phi) is 2.15. The first-order chi connectivity index (χ1) is 7.09. The van der Waals surface area contributed by atoms with E-state index in [0.717, 1.165) is 18.2 Å². The largest absolute Gasteiger partial charge is 0.396 e. The Morgan fingerprint density at radius 3 is 2.67 bits per heavy atom. The summed E-state index contributed by atoms with van der Waals surface area (Å²) in [6, 6.07) is 3.23. The first-order valence-corrected chi connectivity index (χ1v) is 4.32. The van der Waals surface area contributed by atoms with Crippen LogP contribution in [0.25, 0.3) is 11.3 Å². The topological polar surface area (TPSA) is 43.8 Å². The number of nitrogen functional groups attached to an aromatic ring is 1. The Morgan fingerprint density at radius 2 is 2.07 bits per heavy atom. The third kappa shape index (κ3) is 1.56. The fourth-order valence-corrected chi connectivity index (χ4v) is 1.46. The number of benzene rings is 1. The molecule has 1 aromatic heterocycles. The highest BCUT2D eigenvalue weighted by Crippen LogP contribution is 2.27. The molecule has 0 atom stereocenters. The summed E-state index contributed by atoms with van der Waals surface area (Å²) in [5, 5.41) is 3.87. The van der Waals surface area contributed by atoms with E-state index in [9.17, 15) is 8.78 Å². The van der Waals surface area contributed by atoms with Gasteiger partial charge in [-0.3, -0.25) is 4.68 Å². The monoisotopic (exact) mass is 209 g/mol. The van der Waals surface area contributed by atoms with Gasteiger partial charge in [0.15, 0.2) is 0 Å². The molecule has 0 saturated carbocycles. The Balaban J connectivity index is 2.68. The molecule has 1 aromatic carbocycles. The molecule has 0 aliphatic heterocycles. The molecule has 2 aromatic rings. The summed E-state index contributed by atoms with van der Waals surface area (Å²) < 4.78 is 27.8. The number of rotatable bonds is 1. The van der Waals surface area contributed by atoms with Gasteiger partial charge in [-0.1, -0.05) is 0 Å². The SMILES string of the molecule is Cn1ncc(N)c1-c1cc(F)ccc1F. The van der Waals surface area contributed by atoms with E-state index in [0.29, 0.717) is 11.4 Å². The minimum absolute atomic E-state index is 0.118. The molecular weight excluding hydrogens is 200 g/mol. The summed E-state index contributed by atoms with van der Waals surface area (Å²) in [5.41, 5.74) is 6.44. The first-order valence-electron chi connectivity index (χ1n) is 4.32. The molecule has 0 spiro atoms. The van der Waals surface area contributed by atoms with Gasteiger partial charge in [-0.25, -0.2) is 8.78 Å². The number of halogens is 2. The normalized spacial score (nSPS) is 10.6. The van der Waals surface area contributed by atoms with E-state index in [2.05, 4.69) is 5.10 Å². The molecule has 1 heterocycles. The molecule has 0 aliphatic carbocycles. The first kappa shape index (κ1) is 9.64. The number of hydrogen-bond acceptors (Lipinski definition) is 2. The second-order valence-corrected chi connectivity index (χ2v) is 3.20. The predicted molar refractivity (Wildman–Crippen MR) is 53.0 cm³/mol. The van der Waals surface area contributed by atoms with Crippen molar-refractivity contribution in [3.05, 3.63) is 36.0 Å². The van der Waals surface area contributed by atoms with Crippen LogP contribution in [0.2, 0.25) is 0 Å². The number of aromatic nitrogens is 2. The molecular formula is C10H9F2N3. The molecule has 15 heavy (non-hydrogen) atoms. The average molecular weight is 209 g/mol. The van der Waals surface area contributed by atoms with Crippen molar-refractivity contribution >= 4 is 5.69 Å². The molecule has 78 valence electrons. The van der Waals surface area contributed by atoms with Gasteiger partial charge in [-0.05, 0) is 18.2 Å². The van der Waals surface area contributed by atoms with Crippen LogP contribution in [0.3, 0.4) is 0 Å². The second kappa shape index (κ2) is 3.34. The highest BCUT2D eigenvalue weighted by molar-refractivity contribution is 5.72. The van der Waals surface area contributed by atoms with Crippen LogP contribution in [-0.2, 0) is 7.05 Å². The lowest BCUT2D eigenvalue weighted by Gasteiger charge is -2.05. The second-order valence-electron chi connectivity index (χ2n) is 3.20. The zero-order valence-corrected chi connectivity index (χ0v) is 8.04. The number of nitrogens with two attached hydrogens (primary N) is 1. The van der Waals surface area contributed by atoms with Crippen LogP contribution in [0.15, 0.2) is 24.4 Å². The van der Waals surface area contributed by atoms with E-state index in [-0.39, 0.29) is 5.56 Å². The van der Waals surface area contributed by atoms with Crippen molar-refractivity contribution in [3.8, 4) is 11.3 Å².